The molecule has 0 saturated carbocycles. The topological polar surface area (TPSA) is 57.0 Å². The lowest BCUT2D eigenvalue weighted by atomic mass is 9.90. The van der Waals surface area contributed by atoms with Crippen LogP contribution in [0.3, 0.4) is 0 Å². The van der Waals surface area contributed by atoms with Crippen LogP contribution >= 0.6 is 22.9 Å². The minimum Gasteiger partial charge on any atom is -0.360 e. The first-order valence-corrected chi connectivity index (χ1v) is 15.8. The first-order chi connectivity index (χ1) is 21.1. The van der Waals surface area contributed by atoms with Crippen molar-refractivity contribution in [1.29, 1.82) is 0 Å². The van der Waals surface area contributed by atoms with Gasteiger partial charge in [-0.1, -0.05) is 72.3 Å². The zero-order chi connectivity index (χ0) is 31.0. The van der Waals surface area contributed by atoms with Crippen LogP contribution < -0.4 is 0 Å². The molecular formula is C37H34ClN3O2S. The number of thiazole rings is 1. The molecule has 0 fully saturated rings. The highest BCUT2D eigenvalue weighted by atomic mass is 35.5. The Morgan fingerprint density at radius 2 is 1.66 bits per heavy atom. The van der Waals surface area contributed by atoms with Crippen molar-refractivity contribution in [2.75, 3.05) is 0 Å². The van der Waals surface area contributed by atoms with Crippen LogP contribution in [-0.2, 0) is 16.1 Å². The molecule has 0 aliphatic carbocycles. The fraction of sp³-hybridized carbons (Fsp3) is 0.216. The molecule has 0 unspecified atom stereocenters. The van der Waals surface area contributed by atoms with E-state index in [-0.39, 0.29) is 5.78 Å². The number of benzene rings is 4. The standard InChI is InChI=1S/C37H34ClN3O2S/c1-23-18-31-35(33(26-14-16-30(38)17-15-26)32(23)34(24(2)42)43-37(3,4)5)44-36(40-31)28-13-9-12-27(19-28)29-20-39-41(22-29)21-25-10-7-6-8-11-25/h6-20,22,34H,21H2,1-5H3/t34-/m1/s1. The van der Waals surface area contributed by atoms with Gasteiger partial charge in [0, 0.05) is 33.5 Å². The largest absolute Gasteiger partial charge is 0.360 e. The second-order valence-corrected chi connectivity index (χ2v) is 13.5. The van der Waals surface area contributed by atoms with Gasteiger partial charge in [-0.05, 0) is 81.1 Å². The van der Waals surface area contributed by atoms with Gasteiger partial charge in [-0.3, -0.25) is 9.48 Å². The molecular weight excluding hydrogens is 586 g/mol. The Kier molecular flexibility index (Phi) is 8.25. The molecule has 2 aromatic heterocycles. The minimum absolute atomic E-state index is 0.0390. The van der Waals surface area contributed by atoms with Crippen LogP contribution in [0.4, 0.5) is 0 Å². The van der Waals surface area contributed by atoms with Gasteiger partial charge in [0.1, 0.15) is 11.1 Å². The maximum Gasteiger partial charge on any atom is 0.163 e. The predicted molar refractivity (Wildman–Crippen MR) is 181 cm³/mol. The number of aromatic nitrogens is 3. The van der Waals surface area contributed by atoms with Crippen LogP contribution in [0, 0.1) is 6.92 Å². The van der Waals surface area contributed by atoms with Crippen molar-refractivity contribution in [3.05, 3.63) is 119 Å². The van der Waals surface area contributed by atoms with Crippen molar-refractivity contribution < 1.29 is 9.53 Å². The summed E-state index contributed by atoms with van der Waals surface area (Å²) in [6.07, 6.45) is 3.27. The Balaban J connectivity index is 1.45. The molecule has 0 aliphatic heterocycles. The maximum absolute atomic E-state index is 13.1. The molecule has 5 nitrogen and oxygen atoms in total. The van der Waals surface area contributed by atoms with Crippen molar-refractivity contribution >= 4 is 38.9 Å². The number of hydrogen-bond acceptors (Lipinski definition) is 5. The summed E-state index contributed by atoms with van der Waals surface area (Å²) in [5.41, 5.74) is 8.49. The van der Waals surface area contributed by atoms with E-state index >= 15 is 0 Å². The molecule has 4 aromatic carbocycles. The molecule has 0 amide bonds. The molecule has 6 aromatic rings. The highest BCUT2D eigenvalue weighted by Crippen LogP contribution is 2.44. The van der Waals surface area contributed by atoms with Gasteiger partial charge in [-0.2, -0.15) is 5.10 Å². The normalized spacial score (nSPS) is 12.5. The van der Waals surface area contributed by atoms with Gasteiger partial charge in [-0.15, -0.1) is 11.3 Å². The highest BCUT2D eigenvalue weighted by molar-refractivity contribution is 7.22. The molecule has 0 spiro atoms. The molecule has 2 heterocycles. The van der Waals surface area contributed by atoms with E-state index in [4.69, 9.17) is 21.3 Å². The van der Waals surface area contributed by atoms with Gasteiger partial charge in [0.05, 0.1) is 28.6 Å². The van der Waals surface area contributed by atoms with Crippen molar-refractivity contribution in [1.82, 2.24) is 14.8 Å². The average molecular weight is 620 g/mol. The molecule has 44 heavy (non-hydrogen) atoms. The monoisotopic (exact) mass is 619 g/mol. The van der Waals surface area contributed by atoms with E-state index in [0.717, 1.165) is 54.2 Å². The van der Waals surface area contributed by atoms with E-state index in [1.165, 1.54) is 5.56 Å². The summed E-state index contributed by atoms with van der Waals surface area (Å²) in [5.74, 6) is -0.0390. The number of ether oxygens (including phenoxy) is 1. The fourth-order valence-corrected chi connectivity index (χ4v) is 6.72. The number of carbonyl (C=O) groups excluding carboxylic acids is 1. The molecule has 222 valence electrons. The summed E-state index contributed by atoms with van der Waals surface area (Å²) >= 11 is 7.91. The van der Waals surface area contributed by atoms with Crippen LogP contribution in [0.1, 0.15) is 50.5 Å². The average Bonchev–Trinajstić information content (AvgIpc) is 3.63. The number of nitrogens with zero attached hydrogens (tertiary/aromatic N) is 3. The number of aryl methyl sites for hydroxylation is 1. The zero-order valence-electron chi connectivity index (χ0n) is 25.5. The number of Topliss-reactive ketones (excluding diaryl/α,β-unsaturated/α-hetero) is 1. The van der Waals surface area contributed by atoms with Gasteiger partial charge in [-0.25, -0.2) is 4.98 Å². The van der Waals surface area contributed by atoms with Gasteiger partial charge >= 0.3 is 0 Å². The number of halogens is 1. The smallest absolute Gasteiger partial charge is 0.163 e. The lowest BCUT2D eigenvalue weighted by Crippen LogP contribution is -2.27. The fourth-order valence-electron chi connectivity index (χ4n) is 5.48. The van der Waals surface area contributed by atoms with Gasteiger partial charge in [0.2, 0.25) is 0 Å². The van der Waals surface area contributed by atoms with Crippen LogP contribution in [0.2, 0.25) is 5.02 Å². The van der Waals surface area contributed by atoms with Gasteiger partial charge in [0.25, 0.3) is 0 Å². The van der Waals surface area contributed by atoms with E-state index in [2.05, 4.69) is 53.8 Å². The molecule has 0 bridgehead atoms. The molecule has 7 heteroatoms. The zero-order valence-corrected chi connectivity index (χ0v) is 27.0. The van der Waals surface area contributed by atoms with Crippen molar-refractivity contribution in [3.63, 3.8) is 0 Å². The number of fused-ring (bicyclic) bond motifs is 1. The molecule has 0 aliphatic rings. The molecule has 0 radical (unpaired) electrons. The van der Waals surface area contributed by atoms with Crippen LogP contribution in [-0.4, -0.2) is 26.1 Å². The Labute approximate surface area is 267 Å². The molecule has 6 rings (SSSR count). The summed E-state index contributed by atoms with van der Waals surface area (Å²) in [5, 5.41) is 6.17. The Morgan fingerprint density at radius 1 is 0.932 bits per heavy atom. The quantitative estimate of drug-likeness (QED) is 0.170. The summed E-state index contributed by atoms with van der Waals surface area (Å²) in [6, 6.07) is 28.6. The second-order valence-electron chi connectivity index (χ2n) is 12.1. The van der Waals surface area contributed by atoms with Gasteiger partial charge in [0.15, 0.2) is 5.78 Å². The molecule has 0 N–H and O–H groups in total. The Bertz CT molecular complexity index is 1950. The van der Waals surface area contributed by atoms with Crippen LogP contribution in [0.25, 0.3) is 43.0 Å². The van der Waals surface area contributed by atoms with E-state index in [0.29, 0.717) is 11.6 Å². The van der Waals surface area contributed by atoms with Crippen LogP contribution in [0.5, 0.6) is 0 Å². The SMILES string of the molecule is CC(=O)[C@@H](OC(C)(C)C)c1c(C)cc2nc(-c3cccc(-c4cnn(Cc5ccccc5)c4)c3)sc2c1-c1ccc(Cl)cc1. The number of carbonyl (C=O) groups is 1. The Hall–Kier alpha value is -4.10. The lowest BCUT2D eigenvalue weighted by molar-refractivity contribution is -0.138. The number of hydrogen-bond donors (Lipinski definition) is 0. The van der Waals surface area contributed by atoms with E-state index in [9.17, 15) is 4.79 Å². The summed E-state index contributed by atoms with van der Waals surface area (Å²) in [4.78, 5) is 18.2. The lowest BCUT2D eigenvalue weighted by Gasteiger charge is -2.29. The first-order valence-electron chi connectivity index (χ1n) is 14.6. The van der Waals surface area contributed by atoms with Crippen molar-refractivity contribution in [3.8, 4) is 32.8 Å². The van der Waals surface area contributed by atoms with Crippen molar-refractivity contribution in [2.24, 2.45) is 0 Å². The minimum atomic E-state index is -0.716. The predicted octanol–water partition coefficient (Wildman–Crippen LogP) is 9.95. The second kappa shape index (κ2) is 12.1. The third kappa shape index (κ3) is 6.39. The van der Waals surface area contributed by atoms with E-state index < -0.39 is 11.7 Å². The van der Waals surface area contributed by atoms with Gasteiger partial charge < -0.3 is 4.74 Å². The first kappa shape index (κ1) is 29.9. The summed E-state index contributed by atoms with van der Waals surface area (Å²) in [6.45, 7) is 10.3. The summed E-state index contributed by atoms with van der Waals surface area (Å²) < 4.78 is 9.37. The number of ketones is 1. The van der Waals surface area contributed by atoms with Crippen LogP contribution in [0.15, 0.2) is 97.3 Å². The van der Waals surface area contributed by atoms with Crippen molar-refractivity contribution in [2.45, 2.75) is 52.9 Å². The molecule has 1 atom stereocenters. The molecule has 0 saturated heterocycles. The maximum atomic E-state index is 13.1. The Morgan fingerprint density at radius 3 is 2.36 bits per heavy atom. The third-order valence-corrected chi connectivity index (χ3v) is 8.82. The third-order valence-electron chi connectivity index (χ3n) is 7.43. The number of rotatable bonds is 8. The highest BCUT2D eigenvalue weighted by Gasteiger charge is 2.30. The summed E-state index contributed by atoms with van der Waals surface area (Å²) in [7, 11) is 0. The van der Waals surface area contributed by atoms with E-state index in [1.54, 1.807) is 18.3 Å². The van der Waals surface area contributed by atoms with E-state index in [1.807, 2.05) is 81.0 Å².